The van der Waals surface area contributed by atoms with Crippen LogP contribution < -0.4 is 10.1 Å². The van der Waals surface area contributed by atoms with Gasteiger partial charge in [0, 0.05) is 36.5 Å². The lowest BCUT2D eigenvalue weighted by Gasteiger charge is -2.31. The fraction of sp³-hybridized carbons (Fsp3) is 0.290. The summed E-state index contributed by atoms with van der Waals surface area (Å²) >= 11 is 0. The third kappa shape index (κ3) is 6.79. The SMILES string of the molecule is COc1ccc(CN2C(=O)/C(=C\C(CNC(=O)OCc3ccccc3)c3ccccc3)CC2(C)C)cc1. The summed E-state index contributed by atoms with van der Waals surface area (Å²) in [7, 11) is 1.64. The fourth-order valence-electron chi connectivity index (χ4n) is 4.60. The molecule has 0 radical (unpaired) electrons. The number of ether oxygens (including phenoxy) is 2. The molecule has 1 saturated heterocycles. The number of carbonyl (C=O) groups is 2. The Morgan fingerprint density at radius 2 is 1.62 bits per heavy atom. The summed E-state index contributed by atoms with van der Waals surface area (Å²) in [4.78, 5) is 27.9. The number of methoxy groups -OCH3 is 1. The van der Waals surface area contributed by atoms with Crippen molar-refractivity contribution in [3.05, 3.63) is 113 Å². The van der Waals surface area contributed by atoms with E-state index in [0.717, 1.165) is 28.0 Å². The van der Waals surface area contributed by atoms with Gasteiger partial charge in [-0.1, -0.05) is 78.9 Å². The van der Waals surface area contributed by atoms with Crippen molar-refractivity contribution in [3.8, 4) is 5.75 Å². The molecule has 192 valence electrons. The maximum atomic E-state index is 13.5. The van der Waals surface area contributed by atoms with E-state index in [9.17, 15) is 9.59 Å². The van der Waals surface area contributed by atoms with Gasteiger partial charge in [-0.3, -0.25) is 4.79 Å². The molecule has 0 spiro atoms. The molecule has 0 aliphatic carbocycles. The molecular weight excluding hydrogens is 464 g/mol. The molecule has 1 N–H and O–H groups in total. The molecule has 1 fully saturated rings. The Hall–Kier alpha value is -4.06. The van der Waals surface area contributed by atoms with Gasteiger partial charge in [0.15, 0.2) is 0 Å². The molecule has 6 nitrogen and oxygen atoms in total. The first-order valence-corrected chi connectivity index (χ1v) is 12.5. The van der Waals surface area contributed by atoms with Crippen molar-refractivity contribution in [1.29, 1.82) is 0 Å². The molecule has 0 bridgehead atoms. The van der Waals surface area contributed by atoms with Crippen LogP contribution in [0, 0.1) is 0 Å². The number of nitrogens with one attached hydrogen (secondary N) is 1. The summed E-state index contributed by atoms with van der Waals surface area (Å²) in [6.45, 7) is 5.23. The van der Waals surface area contributed by atoms with E-state index in [4.69, 9.17) is 9.47 Å². The number of nitrogens with zero attached hydrogens (tertiary/aromatic N) is 1. The summed E-state index contributed by atoms with van der Waals surface area (Å²) < 4.78 is 10.6. The summed E-state index contributed by atoms with van der Waals surface area (Å²) in [5.41, 5.74) is 3.43. The van der Waals surface area contributed by atoms with Crippen LogP contribution in [0.25, 0.3) is 0 Å². The largest absolute Gasteiger partial charge is 0.497 e. The van der Waals surface area contributed by atoms with Gasteiger partial charge in [-0.2, -0.15) is 0 Å². The second kappa shape index (κ2) is 11.8. The molecular formula is C31H34N2O4. The molecule has 1 heterocycles. The zero-order valence-corrected chi connectivity index (χ0v) is 21.6. The predicted octanol–water partition coefficient (Wildman–Crippen LogP) is 5.84. The molecule has 4 rings (SSSR count). The van der Waals surface area contributed by atoms with E-state index >= 15 is 0 Å². The lowest BCUT2D eigenvalue weighted by atomic mass is 9.93. The molecule has 0 saturated carbocycles. The number of carbonyl (C=O) groups excluding carboxylic acids is 2. The van der Waals surface area contributed by atoms with E-state index in [2.05, 4.69) is 19.2 Å². The van der Waals surface area contributed by atoms with Crippen LogP contribution in [0.15, 0.2) is 96.6 Å². The molecule has 2 amide bonds. The van der Waals surface area contributed by atoms with Crippen molar-refractivity contribution in [2.45, 2.75) is 44.9 Å². The highest BCUT2D eigenvalue weighted by molar-refractivity contribution is 5.97. The van der Waals surface area contributed by atoms with Crippen molar-refractivity contribution < 1.29 is 19.1 Å². The van der Waals surface area contributed by atoms with Gasteiger partial charge in [0.1, 0.15) is 12.4 Å². The highest BCUT2D eigenvalue weighted by Crippen LogP contribution is 2.36. The highest BCUT2D eigenvalue weighted by atomic mass is 16.5. The number of hydrogen-bond donors (Lipinski definition) is 1. The smallest absolute Gasteiger partial charge is 0.407 e. The van der Waals surface area contributed by atoms with E-state index < -0.39 is 6.09 Å². The number of rotatable bonds is 9. The summed E-state index contributed by atoms with van der Waals surface area (Å²) in [6.07, 6.45) is 2.15. The minimum atomic E-state index is -0.484. The quantitative estimate of drug-likeness (QED) is 0.376. The number of amides is 2. The Labute approximate surface area is 218 Å². The molecule has 3 aromatic rings. The van der Waals surface area contributed by atoms with Gasteiger partial charge >= 0.3 is 6.09 Å². The van der Waals surface area contributed by atoms with Crippen molar-refractivity contribution in [3.63, 3.8) is 0 Å². The van der Waals surface area contributed by atoms with E-state index in [0.29, 0.717) is 19.5 Å². The Morgan fingerprint density at radius 1 is 0.973 bits per heavy atom. The van der Waals surface area contributed by atoms with E-state index in [-0.39, 0.29) is 24.0 Å². The monoisotopic (exact) mass is 498 g/mol. The maximum Gasteiger partial charge on any atom is 0.407 e. The minimum Gasteiger partial charge on any atom is -0.497 e. The van der Waals surface area contributed by atoms with Crippen molar-refractivity contribution in [1.82, 2.24) is 10.2 Å². The summed E-state index contributed by atoms with van der Waals surface area (Å²) in [5, 5.41) is 2.88. The second-order valence-electron chi connectivity index (χ2n) is 9.88. The van der Waals surface area contributed by atoms with Gasteiger partial charge in [0.2, 0.25) is 5.91 Å². The van der Waals surface area contributed by atoms with Crippen molar-refractivity contribution in [2.24, 2.45) is 0 Å². The van der Waals surface area contributed by atoms with E-state index in [1.165, 1.54) is 0 Å². The first-order chi connectivity index (χ1) is 17.9. The van der Waals surface area contributed by atoms with Gasteiger partial charge in [0.25, 0.3) is 0 Å². The zero-order valence-electron chi connectivity index (χ0n) is 21.6. The van der Waals surface area contributed by atoms with E-state index in [1.807, 2.05) is 95.9 Å². The van der Waals surface area contributed by atoms with Crippen LogP contribution in [0.2, 0.25) is 0 Å². The Kier molecular flexibility index (Phi) is 8.29. The topological polar surface area (TPSA) is 67.9 Å². The normalized spacial score (nSPS) is 16.5. The molecule has 37 heavy (non-hydrogen) atoms. The molecule has 3 aromatic carbocycles. The zero-order chi connectivity index (χ0) is 26.3. The minimum absolute atomic E-state index is 0.0217. The third-order valence-electron chi connectivity index (χ3n) is 6.68. The van der Waals surface area contributed by atoms with E-state index in [1.54, 1.807) is 7.11 Å². The first-order valence-electron chi connectivity index (χ1n) is 12.5. The van der Waals surface area contributed by atoms with Crippen LogP contribution in [0.3, 0.4) is 0 Å². The third-order valence-corrected chi connectivity index (χ3v) is 6.68. The number of alkyl carbamates (subject to hydrolysis) is 1. The van der Waals surface area contributed by atoms with Gasteiger partial charge < -0.3 is 19.7 Å². The molecule has 1 aliphatic rings. The number of hydrogen-bond acceptors (Lipinski definition) is 4. The van der Waals surface area contributed by atoms with Gasteiger partial charge in [0.05, 0.1) is 7.11 Å². The average Bonchev–Trinajstić information content (AvgIpc) is 3.13. The number of likely N-dealkylation sites (tertiary alicyclic amines) is 1. The maximum absolute atomic E-state index is 13.5. The van der Waals surface area contributed by atoms with Crippen LogP contribution in [0.4, 0.5) is 4.79 Å². The lowest BCUT2D eigenvalue weighted by molar-refractivity contribution is -0.128. The van der Waals surface area contributed by atoms with Crippen molar-refractivity contribution in [2.75, 3.05) is 13.7 Å². The van der Waals surface area contributed by atoms with Gasteiger partial charge in [-0.05, 0) is 42.7 Å². The number of benzene rings is 3. The molecule has 0 aromatic heterocycles. The molecule has 1 unspecified atom stereocenters. The molecule has 1 atom stereocenters. The Bertz CT molecular complexity index is 1220. The van der Waals surface area contributed by atoms with Crippen LogP contribution in [0.1, 0.15) is 42.9 Å². The predicted molar refractivity (Wildman–Crippen MR) is 144 cm³/mol. The molecule has 6 heteroatoms. The standard InChI is InChI=1S/C31H34N2O4/c1-31(2)19-26(29(34)33(31)21-23-14-16-28(36-3)17-15-23)18-27(25-12-8-5-9-13-25)20-32-30(35)37-22-24-10-6-4-7-11-24/h4-18,27H,19-22H2,1-3H3,(H,32,35)/b26-18-. The average molecular weight is 499 g/mol. The van der Waals surface area contributed by atoms with Gasteiger partial charge in [-0.25, -0.2) is 4.79 Å². The van der Waals surface area contributed by atoms with Crippen LogP contribution in [0.5, 0.6) is 5.75 Å². The Balaban J connectivity index is 1.47. The summed E-state index contributed by atoms with van der Waals surface area (Å²) in [6, 6.07) is 27.3. The summed E-state index contributed by atoms with van der Waals surface area (Å²) in [5.74, 6) is 0.645. The Morgan fingerprint density at radius 3 is 2.27 bits per heavy atom. The lowest BCUT2D eigenvalue weighted by Crippen LogP contribution is -2.40. The van der Waals surface area contributed by atoms with Gasteiger partial charge in [-0.15, -0.1) is 0 Å². The van der Waals surface area contributed by atoms with Crippen LogP contribution in [-0.4, -0.2) is 36.1 Å². The van der Waals surface area contributed by atoms with Crippen LogP contribution >= 0.6 is 0 Å². The van der Waals surface area contributed by atoms with Crippen molar-refractivity contribution >= 4 is 12.0 Å². The highest BCUT2D eigenvalue weighted by Gasteiger charge is 2.41. The molecule has 1 aliphatic heterocycles. The van der Waals surface area contributed by atoms with Crippen LogP contribution in [-0.2, 0) is 22.7 Å². The second-order valence-corrected chi connectivity index (χ2v) is 9.88. The fourth-order valence-corrected chi connectivity index (χ4v) is 4.60. The first kappa shape index (κ1) is 26.0.